The zero-order valence-electron chi connectivity index (χ0n) is 21.0. The summed E-state index contributed by atoms with van der Waals surface area (Å²) in [5.41, 5.74) is 1.82. The van der Waals surface area contributed by atoms with E-state index < -0.39 is 29.7 Å². The van der Waals surface area contributed by atoms with Crippen molar-refractivity contribution in [1.29, 1.82) is 0 Å². The van der Waals surface area contributed by atoms with Crippen molar-refractivity contribution in [2.75, 3.05) is 6.54 Å². The number of carbonyl (C=O) groups excluding carboxylic acids is 4. The Morgan fingerprint density at radius 2 is 1.94 bits per heavy atom. The van der Waals surface area contributed by atoms with Gasteiger partial charge < -0.3 is 19.9 Å². The van der Waals surface area contributed by atoms with Gasteiger partial charge in [0.1, 0.15) is 12.4 Å². The van der Waals surface area contributed by atoms with Crippen molar-refractivity contribution in [2.24, 2.45) is 11.8 Å². The fourth-order valence-corrected chi connectivity index (χ4v) is 4.32. The number of benzene rings is 1. The van der Waals surface area contributed by atoms with Crippen molar-refractivity contribution in [1.82, 2.24) is 15.8 Å². The standard InChI is InChI=1S/C27H35N3O6/c1-18(2)14-22(30-27(34)35-17-19-8-4-3-5-9-19)23(31)15-20-10-6-11-21-16-29-36-24(21)12-7-13-28-26(33)25(20)32/h3-5,8-9,16,18,20,22H,6-7,10-15,17H2,1-2H3,(H,28,33)(H,30,34). The number of aromatic nitrogens is 1. The minimum absolute atomic E-state index is 0.0847. The molecular formula is C27H35N3O6. The molecule has 3 rings (SSSR count). The van der Waals surface area contributed by atoms with Gasteiger partial charge in [-0.15, -0.1) is 0 Å². The number of alkyl carbamates (subject to hydrolysis) is 1. The van der Waals surface area contributed by atoms with E-state index in [1.807, 2.05) is 44.2 Å². The molecule has 2 aromatic rings. The Labute approximate surface area is 211 Å². The molecule has 0 spiro atoms. The number of nitrogens with one attached hydrogen (secondary N) is 2. The average Bonchev–Trinajstić information content (AvgIpc) is 3.30. The van der Waals surface area contributed by atoms with Crippen LogP contribution in [-0.2, 0) is 38.6 Å². The van der Waals surface area contributed by atoms with Gasteiger partial charge in [0.2, 0.25) is 5.78 Å². The van der Waals surface area contributed by atoms with Crippen LogP contribution in [0.4, 0.5) is 4.79 Å². The second-order valence-corrected chi connectivity index (χ2v) is 9.65. The number of hydrogen-bond acceptors (Lipinski definition) is 7. The largest absolute Gasteiger partial charge is 0.445 e. The van der Waals surface area contributed by atoms with Gasteiger partial charge in [0.15, 0.2) is 5.78 Å². The maximum atomic E-state index is 13.3. The van der Waals surface area contributed by atoms with Crippen LogP contribution in [0.2, 0.25) is 0 Å². The van der Waals surface area contributed by atoms with Crippen molar-refractivity contribution in [3.63, 3.8) is 0 Å². The number of ether oxygens (including phenoxy) is 1. The molecule has 0 saturated heterocycles. The van der Waals surface area contributed by atoms with Crippen molar-refractivity contribution in [3.05, 3.63) is 53.4 Å². The first-order valence-electron chi connectivity index (χ1n) is 12.6. The minimum Gasteiger partial charge on any atom is -0.445 e. The lowest BCUT2D eigenvalue weighted by molar-refractivity contribution is -0.141. The monoisotopic (exact) mass is 497 g/mol. The molecule has 1 aliphatic rings. The first-order valence-corrected chi connectivity index (χ1v) is 12.6. The highest BCUT2D eigenvalue weighted by Gasteiger charge is 2.31. The lowest BCUT2D eigenvalue weighted by Crippen LogP contribution is -2.44. The lowest BCUT2D eigenvalue weighted by atomic mass is 9.87. The van der Waals surface area contributed by atoms with Crippen LogP contribution < -0.4 is 10.6 Å². The Kier molecular flexibility index (Phi) is 10.2. The van der Waals surface area contributed by atoms with E-state index >= 15 is 0 Å². The SMILES string of the molecule is CC(C)CC(NC(=O)OCc1ccccc1)C(=O)CC1CCCc2cnoc2CCCNC(=O)C1=O. The summed E-state index contributed by atoms with van der Waals surface area (Å²) < 4.78 is 10.6. The van der Waals surface area contributed by atoms with E-state index in [-0.39, 0.29) is 24.7 Å². The second-order valence-electron chi connectivity index (χ2n) is 9.65. The number of hydrogen-bond donors (Lipinski definition) is 2. The molecule has 194 valence electrons. The van der Waals surface area contributed by atoms with Gasteiger partial charge in [-0.25, -0.2) is 4.79 Å². The van der Waals surface area contributed by atoms with E-state index in [0.29, 0.717) is 45.1 Å². The fraction of sp³-hybridized carbons (Fsp3) is 0.519. The highest BCUT2D eigenvalue weighted by molar-refractivity contribution is 6.37. The molecule has 0 bridgehead atoms. The highest BCUT2D eigenvalue weighted by Crippen LogP contribution is 2.21. The summed E-state index contributed by atoms with van der Waals surface area (Å²) in [6.45, 7) is 4.31. The molecule has 2 atom stereocenters. The van der Waals surface area contributed by atoms with Crippen molar-refractivity contribution in [2.45, 2.75) is 71.4 Å². The van der Waals surface area contributed by atoms with Gasteiger partial charge in [-0.2, -0.15) is 0 Å². The number of ketones is 2. The van der Waals surface area contributed by atoms with E-state index in [1.165, 1.54) is 0 Å². The Balaban J connectivity index is 1.64. The van der Waals surface area contributed by atoms with Gasteiger partial charge in [0.05, 0.1) is 12.2 Å². The van der Waals surface area contributed by atoms with E-state index in [0.717, 1.165) is 16.9 Å². The summed E-state index contributed by atoms with van der Waals surface area (Å²) in [5, 5.41) is 9.19. The molecule has 9 nitrogen and oxygen atoms in total. The van der Waals surface area contributed by atoms with Gasteiger partial charge >= 0.3 is 6.09 Å². The first-order chi connectivity index (χ1) is 17.3. The molecule has 0 radical (unpaired) electrons. The molecule has 2 N–H and O–H groups in total. The van der Waals surface area contributed by atoms with Gasteiger partial charge in [0, 0.05) is 30.9 Å². The molecule has 9 heteroatoms. The Hall–Kier alpha value is -3.49. The van der Waals surface area contributed by atoms with E-state index in [1.54, 1.807) is 6.20 Å². The van der Waals surface area contributed by atoms with Crippen LogP contribution in [0.3, 0.4) is 0 Å². The number of aryl methyl sites for hydroxylation is 2. The van der Waals surface area contributed by atoms with Crippen LogP contribution in [0, 0.1) is 11.8 Å². The van der Waals surface area contributed by atoms with Gasteiger partial charge in [-0.1, -0.05) is 49.3 Å². The zero-order valence-corrected chi connectivity index (χ0v) is 21.0. The fourth-order valence-electron chi connectivity index (χ4n) is 4.32. The average molecular weight is 498 g/mol. The van der Waals surface area contributed by atoms with E-state index in [9.17, 15) is 19.2 Å². The Morgan fingerprint density at radius 3 is 2.69 bits per heavy atom. The van der Waals surface area contributed by atoms with Crippen LogP contribution >= 0.6 is 0 Å². The number of rotatable bonds is 8. The quantitative estimate of drug-likeness (QED) is 0.534. The Morgan fingerprint density at radius 1 is 1.17 bits per heavy atom. The van der Waals surface area contributed by atoms with Gasteiger partial charge in [-0.05, 0) is 43.6 Å². The third kappa shape index (κ3) is 8.32. The molecule has 1 aliphatic heterocycles. The summed E-state index contributed by atoms with van der Waals surface area (Å²) in [6.07, 6.45) is 4.15. The number of nitrogens with zero attached hydrogens (tertiary/aromatic N) is 1. The third-order valence-corrected chi connectivity index (χ3v) is 6.24. The van der Waals surface area contributed by atoms with E-state index in [2.05, 4.69) is 15.8 Å². The summed E-state index contributed by atoms with van der Waals surface area (Å²) in [7, 11) is 0. The van der Waals surface area contributed by atoms with Crippen LogP contribution in [-0.4, -0.2) is 41.3 Å². The minimum atomic E-state index is -0.810. The predicted molar refractivity (Wildman–Crippen MR) is 132 cm³/mol. The van der Waals surface area contributed by atoms with Crippen LogP contribution in [0.5, 0.6) is 0 Å². The molecule has 2 heterocycles. The topological polar surface area (TPSA) is 128 Å². The predicted octanol–water partition coefficient (Wildman–Crippen LogP) is 3.55. The lowest BCUT2D eigenvalue weighted by Gasteiger charge is -2.22. The second kappa shape index (κ2) is 13.6. The molecule has 0 saturated carbocycles. The normalized spacial score (nSPS) is 17.8. The third-order valence-electron chi connectivity index (χ3n) is 6.24. The van der Waals surface area contributed by atoms with Crippen molar-refractivity contribution >= 4 is 23.6 Å². The van der Waals surface area contributed by atoms with Gasteiger partial charge in [-0.3, -0.25) is 14.4 Å². The molecule has 36 heavy (non-hydrogen) atoms. The molecule has 1 aromatic carbocycles. The summed E-state index contributed by atoms with van der Waals surface area (Å²) in [5.74, 6) is -1.41. The Bertz CT molecular complexity index is 1030. The molecule has 1 aromatic heterocycles. The number of carbonyl (C=O) groups is 4. The molecular weight excluding hydrogens is 462 g/mol. The zero-order chi connectivity index (χ0) is 25.9. The molecule has 0 aliphatic carbocycles. The molecule has 0 fully saturated rings. The van der Waals surface area contributed by atoms with Crippen molar-refractivity contribution < 1.29 is 28.4 Å². The first kappa shape index (κ1) is 27.1. The number of Topliss-reactive ketones (excluding diaryl/α,β-unsaturated/α-hetero) is 2. The molecule has 2 amide bonds. The molecule has 2 unspecified atom stereocenters. The number of fused-ring (bicyclic) bond motifs is 1. The van der Waals surface area contributed by atoms with Crippen LogP contribution in [0.15, 0.2) is 41.1 Å². The number of amides is 2. The maximum Gasteiger partial charge on any atom is 0.408 e. The summed E-state index contributed by atoms with van der Waals surface area (Å²) in [4.78, 5) is 51.1. The highest BCUT2D eigenvalue weighted by atomic mass is 16.5. The van der Waals surface area contributed by atoms with Gasteiger partial charge in [0.25, 0.3) is 5.91 Å². The summed E-state index contributed by atoms with van der Waals surface area (Å²) in [6, 6.07) is 8.44. The summed E-state index contributed by atoms with van der Waals surface area (Å²) >= 11 is 0. The smallest absolute Gasteiger partial charge is 0.408 e. The maximum absolute atomic E-state index is 13.3. The van der Waals surface area contributed by atoms with Crippen LogP contribution in [0.25, 0.3) is 0 Å². The van der Waals surface area contributed by atoms with Crippen LogP contribution in [0.1, 0.15) is 62.8 Å². The van der Waals surface area contributed by atoms with Crippen molar-refractivity contribution in [3.8, 4) is 0 Å². The van der Waals surface area contributed by atoms with E-state index in [4.69, 9.17) is 9.26 Å².